The lowest BCUT2D eigenvalue weighted by molar-refractivity contribution is 0.147. The van der Waals surface area contributed by atoms with Crippen LogP contribution in [0.1, 0.15) is 12.1 Å². The number of halogens is 3. The predicted octanol–water partition coefficient (Wildman–Crippen LogP) is 2.36. The van der Waals surface area contributed by atoms with Crippen LogP contribution in [0.3, 0.4) is 0 Å². The Kier molecular flexibility index (Phi) is 2.38. The summed E-state index contributed by atoms with van der Waals surface area (Å²) in [5, 5.41) is 0. The lowest BCUT2D eigenvalue weighted by Crippen LogP contribution is -1.98. The van der Waals surface area contributed by atoms with Gasteiger partial charge >= 0.3 is 0 Å². The molecule has 1 rings (SSSR count). The van der Waals surface area contributed by atoms with E-state index in [-0.39, 0.29) is 11.4 Å². The van der Waals surface area contributed by atoms with Gasteiger partial charge in [0.15, 0.2) is 0 Å². The first kappa shape index (κ1) is 8.39. The fourth-order valence-electron chi connectivity index (χ4n) is 0.639. The summed E-state index contributed by atoms with van der Waals surface area (Å²) in [7, 11) is 0. The van der Waals surface area contributed by atoms with E-state index >= 15 is 0 Å². The standard InChI is InChI=1S/C6H5BrF2N2/c7-3-1-2-11-5(4(3)10)6(8)9/h1-2,6H,10H2. The molecule has 60 valence electrons. The van der Waals surface area contributed by atoms with E-state index in [1.54, 1.807) is 0 Å². The number of anilines is 1. The number of hydrogen-bond donors (Lipinski definition) is 1. The molecule has 5 heteroatoms. The number of rotatable bonds is 1. The van der Waals surface area contributed by atoms with Crippen LogP contribution in [0, 0.1) is 0 Å². The third-order valence-corrected chi connectivity index (χ3v) is 1.87. The Bertz CT molecular complexity index is 265. The molecule has 0 saturated heterocycles. The van der Waals surface area contributed by atoms with Gasteiger partial charge in [0.25, 0.3) is 6.43 Å². The molecule has 11 heavy (non-hydrogen) atoms. The molecule has 0 aromatic carbocycles. The van der Waals surface area contributed by atoms with Crippen molar-refractivity contribution in [1.82, 2.24) is 4.98 Å². The van der Waals surface area contributed by atoms with Crippen molar-refractivity contribution >= 4 is 21.6 Å². The Morgan fingerprint density at radius 1 is 1.55 bits per heavy atom. The average Bonchev–Trinajstić information content (AvgIpc) is 1.94. The van der Waals surface area contributed by atoms with Crippen molar-refractivity contribution in [2.45, 2.75) is 6.43 Å². The molecule has 0 unspecified atom stereocenters. The van der Waals surface area contributed by atoms with E-state index in [0.29, 0.717) is 4.47 Å². The smallest absolute Gasteiger partial charge is 0.282 e. The van der Waals surface area contributed by atoms with E-state index in [4.69, 9.17) is 5.73 Å². The summed E-state index contributed by atoms with van der Waals surface area (Å²) in [5.41, 5.74) is 4.92. The minimum atomic E-state index is -2.62. The minimum absolute atomic E-state index is 0.00231. The molecule has 0 saturated carbocycles. The van der Waals surface area contributed by atoms with Crippen LogP contribution in [0.25, 0.3) is 0 Å². The summed E-state index contributed by atoms with van der Waals surface area (Å²) in [6, 6.07) is 1.52. The van der Waals surface area contributed by atoms with Gasteiger partial charge in [0, 0.05) is 10.7 Å². The molecule has 0 bridgehead atoms. The van der Waals surface area contributed by atoms with Crippen LogP contribution < -0.4 is 5.73 Å². The molecule has 0 fully saturated rings. The van der Waals surface area contributed by atoms with E-state index in [9.17, 15) is 8.78 Å². The molecular formula is C6H5BrF2N2. The van der Waals surface area contributed by atoms with E-state index in [1.165, 1.54) is 12.3 Å². The lowest BCUT2D eigenvalue weighted by atomic mass is 10.3. The van der Waals surface area contributed by atoms with Crippen LogP contribution in [0.15, 0.2) is 16.7 Å². The van der Waals surface area contributed by atoms with Gasteiger partial charge in [-0.15, -0.1) is 0 Å². The van der Waals surface area contributed by atoms with Crippen LogP contribution in [-0.4, -0.2) is 4.98 Å². The molecule has 0 aliphatic carbocycles. The third kappa shape index (κ3) is 1.65. The van der Waals surface area contributed by atoms with Gasteiger partial charge in [0.05, 0.1) is 5.69 Å². The highest BCUT2D eigenvalue weighted by Crippen LogP contribution is 2.28. The van der Waals surface area contributed by atoms with E-state index in [1.807, 2.05) is 0 Å². The molecule has 0 radical (unpaired) electrons. The van der Waals surface area contributed by atoms with E-state index < -0.39 is 6.43 Å². The maximum atomic E-state index is 12.0. The molecule has 1 heterocycles. The zero-order chi connectivity index (χ0) is 8.43. The second-order valence-electron chi connectivity index (χ2n) is 1.89. The first-order chi connectivity index (χ1) is 5.13. The summed E-state index contributed by atoms with van der Waals surface area (Å²) in [6.45, 7) is 0. The highest BCUT2D eigenvalue weighted by molar-refractivity contribution is 9.10. The summed E-state index contributed by atoms with van der Waals surface area (Å²) in [4.78, 5) is 3.43. The van der Waals surface area contributed by atoms with Gasteiger partial charge < -0.3 is 5.73 Å². The summed E-state index contributed by atoms with van der Waals surface area (Å²) in [6.07, 6.45) is -1.34. The maximum Gasteiger partial charge on any atom is 0.282 e. The Morgan fingerprint density at radius 2 is 2.18 bits per heavy atom. The van der Waals surface area contributed by atoms with Gasteiger partial charge in [-0.3, -0.25) is 4.98 Å². The topological polar surface area (TPSA) is 38.9 Å². The lowest BCUT2D eigenvalue weighted by Gasteiger charge is -2.03. The van der Waals surface area contributed by atoms with Gasteiger partial charge in [0.1, 0.15) is 5.69 Å². The number of pyridine rings is 1. The monoisotopic (exact) mass is 222 g/mol. The second kappa shape index (κ2) is 3.13. The zero-order valence-electron chi connectivity index (χ0n) is 5.39. The van der Waals surface area contributed by atoms with Crippen LogP contribution in [0.5, 0.6) is 0 Å². The van der Waals surface area contributed by atoms with Crippen LogP contribution in [0.2, 0.25) is 0 Å². The molecule has 0 spiro atoms. The summed E-state index contributed by atoms with van der Waals surface area (Å²) in [5.74, 6) is 0. The number of nitrogens with two attached hydrogens (primary N) is 1. The van der Waals surface area contributed by atoms with Crippen LogP contribution in [0.4, 0.5) is 14.5 Å². The van der Waals surface area contributed by atoms with Crippen molar-refractivity contribution in [3.8, 4) is 0 Å². The quantitative estimate of drug-likeness (QED) is 0.793. The largest absolute Gasteiger partial charge is 0.396 e. The predicted molar refractivity (Wildman–Crippen MR) is 41.3 cm³/mol. The highest BCUT2D eigenvalue weighted by atomic mass is 79.9. The normalized spacial score (nSPS) is 10.5. The molecule has 0 aliphatic rings. The molecule has 2 N–H and O–H groups in total. The van der Waals surface area contributed by atoms with Crippen molar-refractivity contribution in [2.75, 3.05) is 5.73 Å². The van der Waals surface area contributed by atoms with Crippen molar-refractivity contribution in [2.24, 2.45) is 0 Å². The second-order valence-corrected chi connectivity index (χ2v) is 2.75. The number of nitrogen functional groups attached to an aromatic ring is 1. The van der Waals surface area contributed by atoms with Crippen LogP contribution >= 0.6 is 15.9 Å². The maximum absolute atomic E-state index is 12.0. The minimum Gasteiger partial charge on any atom is -0.396 e. The molecule has 1 aromatic rings. The van der Waals surface area contributed by atoms with Crippen molar-refractivity contribution < 1.29 is 8.78 Å². The Hall–Kier alpha value is -0.710. The van der Waals surface area contributed by atoms with Crippen molar-refractivity contribution in [1.29, 1.82) is 0 Å². The fourth-order valence-corrected chi connectivity index (χ4v) is 0.960. The fraction of sp³-hybridized carbons (Fsp3) is 0.167. The first-order valence-corrected chi connectivity index (χ1v) is 3.60. The molecule has 0 amide bonds. The van der Waals surface area contributed by atoms with Gasteiger partial charge in [0.2, 0.25) is 0 Å². The van der Waals surface area contributed by atoms with Gasteiger partial charge in [-0.1, -0.05) is 0 Å². The summed E-state index contributed by atoms with van der Waals surface area (Å²) < 4.78 is 24.5. The van der Waals surface area contributed by atoms with Crippen molar-refractivity contribution in [3.05, 3.63) is 22.4 Å². The number of aromatic nitrogens is 1. The van der Waals surface area contributed by atoms with Crippen molar-refractivity contribution in [3.63, 3.8) is 0 Å². The number of hydrogen-bond acceptors (Lipinski definition) is 2. The van der Waals surface area contributed by atoms with Gasteiger partial charge in [-0.25, -0.2) is 8.78 Å². The third-order valence-electron chi connectivity index (χ3n) is 1.17. The SMILES string of the molecule is Nc1c(Br)ccnc1C(F)F. The van der Waals surface area contributed by atoms with Gasteiger partial charge in [-0.2, -0.15) is 0 Å². The Balaban J connectivity index is 3.17. The molecular weight excluding hydrogens is 218 g/mol. The summed E-state index contributed by atoms with van der Waals surface area (Å²) >= 11 is 3.02. The molecule has 1 aromatic heterocycles. The van der Waals surface area contributed by atoms with Gasteiger partial charge in [-0.05, 0) is 22.0 Å². The first-order valence-electron chi connectivity index (χ1n) is 2.81. The average molecular weight is 223 g/mol. The van der Waals surface area contributed by atoms with E-state index in [2.05, 4.69) is 20.9 Å². The number of nitrogens with zero attached hydrogens (tertiary/aromatic N) is 1. The van der Waals surface area contributed by atoms with Crippen LogP contribution in [-0.2, 0) is 0 Å². The molecule has 2 nitrogen and oxygen atoms in total. The molecule has 0 aliphatic heterocycles. The zero-order valence-corrected chi connectivity index (χ0v) is 6.98. The Morgan fingerprint density at radius 3 is 2.64 bits per heavy atom. The number of alkyl halides is 2. The Labute approximate surface area is 70.6 Å². The highest BCUT2D eigenvalue weighted by Gasteiger charge is 2.13. The molecule has 0 atom stereocenters. The van der Waals surface area contributed by atoms with E-state index in [0.717, 1.165) is 0 Å².